The Hall–Kier alpha value is -2.29. The fourth-order valence-electron chi connectivity index (χ4n) is 3.30. The highest BCUT2D eigenvalue weighted by molar-refractivity contribution is 5.61. The first-order chi connectivity index (χ1) is 13.3. The van der Waals surface area contributed by atoms with Crippen molar-refractivity contribution in [2.45, 2.75) is 66.6 Å². The Kier molecular flexibility index (Phi) is 8.10. The molecular formula is C25H34O3. The van der Waals surface area contributed by atoms with Gasteiger partial charge in [0.05, 0.1) is 0 Å². The molecule has 2 aromatic carbocycles. The fraction of sp³-hybridized carbons (Fsp3) is 0.480. The topological polar surface area (TPSA) is 35.5 Å². The van der Waals surface area contributed by atoms with Crippen LogP contribution < -0.4 is 0 Å². The Morgan fingerprint density at radius 1 is 0.679 bits per heavy atom. The minimum Gasteiger partial charge on any atom is -0.426 e. The number of carbonyl (C=O) groups is 1. The number of aryl methyl sites for hydroxylation is 2. The maximum absolute atomic E-state index is 12.6. The maximum Gasteiger partial charge on any atom is 0.509 e. The van der Waals surface area contributed by atoms with Crippen LogP contribution in [0, 0.1) is 11.8 Å². The van der Waals surface area contributed by atoms with Crippen LogP contribution in [0.5, 0.6) is 0 Å². The van der Waals surface area contributed by atoms with Crippen molar-refractivity contribution in [3.63, 3.8) is 0 Å². The van der Waals surface area contributed by atoms with Gasteiger partial charge >= 0.3 is 6.16 Å². The minimum atomic E-state index is -0.614. The van der Waals surface area contributed by atoms with Crippen LogP contribution in [0.3, 0.4) is 0 Å². The highest BCUT2D eigenvalue weighted by Gasteiger charge is 2.26. The van der Waals surface area contributed by atoms with Crippen LogP contribution in [0.4, 0.5) is 4.79 Å². The van der Waals surface area contributed by atoms with Crippen LogP contribution in [0.25, 0.3) is 0 Å². The quantitative estimate of drug-likeness (QED) is 0.458. The molecule has 2 unspecified atom stereocenters. The van der Waals surface area contributed by atoms with Crippen molar-refractivity contribution in [1.29, 1.82) is 0 Å². The van der Waals surface area contributed by atoms with Crippen LogP contribution in [0.2, 0.25) is 0 Å². The van der Waals surface area contributed by atoms with E-state index in [0.717, 1.165) is 24.0 Å². The van der Waals surface area contributed by atoms with E-state index in [0.29, 0.717) is 0 Å². The van der Waals surface area contributed by atoms with E-state index in [9.17, 15) is 4.79 Å². The molecule has 0 aliphatic carbocycles. The SMILES string of the molecule is CCc1ccc(C(OC(=O)OC(c2ccc(CC)cc2)C(C)C)C(C)C)cc1. The van der Waals surface area contributed by atoms with Crippen molar-refractivity contribution >= 4 is 6.16 Å². The van der Waals surface area contributed by atoms with Gasteiger partial charge in [0.1, 0.15) is 12.2 Å². The van der Waals surface area contributed by atoms with Crippen LogP contribution in [0.15, 0.2) is 48.5 Å². The zero-order valence-corrected chi connectivity index (χ0v) is 18.1. The molecule has 0 saturated heterocycles. The molecule has 0 radical (unpaired) electrons. The van der Waals surface area contributed by atoms with E-state index in [4.69, 9.17) is 9.47 Å². The summed E-state index contributed by atoms with van der Waals surface area (Å²) in [5.41, 5.74) is 4.53. The minimum absolute atomic E-state index is 0.154. The molecule has 0 aromatic heterocycles. The average molecular weight is 383 g/mol. The smallest absolute Gasteiger partial charge is 0.426 e. The van der Waals surface area contributed by atoms with Gasteiger partial charge in [-0.05, 0) is 46.9 Å². The first kappa shape index (κ1) is 22.0. The number of benzene rings is 2. The molecule has 3 nitrogen and oxygen atoms in total. The second-order valence-corrected chi connectivity index (χ2v) is 8.01. The Labute approximate surface area is 170 Å². The molecule has 0 spiro atoms. The molecule has 0 heterocycles. The molecule has 0 bridgehead atoms. The largest absolute Gasteiger partial charge is 0.509 e. The van der Waals surface area contributed by atoms with Crippen molar-refractivity contribution in [1.82, 2.24) is 0 Å². The molecule has 0 fully saturated rings. The van der Waals surface area contributed by atoms with E-state index in [2.05, 4.69) is 65.8 Å². The molecule has 2 aromatic rings. The van der Waals surface area contributed by atoms with Gasteiger partial charge in [0.2, 0.25) is 0 Å². The third-order valence-corrected chi connectivity index (χ3v) is 5.09. The van der Waals surface area contributed by atoms with Gasteiger partial charge in [0.15, 0.2) is 0 Å². The van der Waals surface area contributed by atoms with Gasteiger partial charge in [-0.15, -0.1) is 0 Å². The lowest BCUT2D eigenvalue weighted by Gasteiger charge is -2.25. The van der Waals surface area contributed by atoms with E-state index in [1.54, 1.807) is 0 Å². The molecule has 152 valence electrons. The Balaban J connectivity index is 2.12. The lowest BCUT2D eigenvalue weighted by molar-refractivity contribution is -0.0267. The highest BCUT2D eigenvalue weighted by atomic mass is 16.7. The van der Waals surface area contributed by atoms with E-state index in [1.165, 1.54) is 11.1 Å². The van der Waals surface area contributed by atoms with Crippen molar-refractivity contribution in [2.24, 2.45) is 11.8 Å². The summed E-state index contributed by atoms with van der Waals surface area (Å²) in [6.07, 6.45) is 0.712. The van der Waals surface area contributed by atoms with Crippen molar-refractivity contribution < 1.29 is 14.3 Å². The zero-order valence-electron chi connectivity index (χ0n) is 18.1. The summed E-state index contributed by atoms with van der Waals surface area (Å²) in [6.45, 7) is 12.5. The van der Waals surface area contributed by atoms with E-state index >= 15 is 0 Å². The number of ether oxygens (including phenoxy) is 2. The fourth-order valence-corrected chi connectivity index (χ4v) is 3.30. The lowest BCUT2D eigenvalue weighted by Crippen LogP contribution is -2.21. The average Bonchev–Trinajstić information content (AvgIpc) is 2.70. The first-order valence-corrected chi connectivity index (χ1v) is 10.4. The van der Waals surface area contributed by atoms with Crippen molar-refractivity contribution in [3.8, 4) is 0 Å². The van der Waals surface area contributed by atoms with Gasteiger partial charge < -0.3 is 9.47 Å². The van der Waals surface area contributed by atoms with Crippen LogP contribution in [-0.2, 0) is 22.3 Å². The van der Waals surface area contributed by atoms with Gasteiger partial charge in [0, 0.05) is 0 Å². The molecule has 0 amide bonds. The van der Waals surface area contributed by atoms with E-state index < -0.39 is 6.16 Å². The van der Waals surface area contributed by atoms with E-state index in [-0.39, 0.29) is 24.0 Å². The molecule has 0 saturated carbocycles. The predicted octanol–water partition coefficient (Wildman–Crippen LogP) is 7.06. The van der Waals surface area contributed by atoms with Crippen LogP contribution in [0.1, 0.15) is 76.0 Å². The monoisotopic (exact) mass is 382 g/mol. The Bertz CT molecular complexity index is 666. The second-order valence-electron chi connectivity index (χ2n) is 8.01. The lowest BCUT2D eigenvalue weighted by atomic mass is 9.97. The summed E-state index contributed by atoms with van der Waals surface area (Å²) in [4.78, 5) is 12.6. The van der Waals surface area contributed by atoms with Gasteiger partial charge in [-0.1, -0.05) is 90.1 Å². The molecule has 3 heteroatoms. The van der Waals surface area contributed by atoms with Crippen LogP contribution in [-0.4, -0.2) is 6.16 Å². The Morgan fingerprint density at radius 3 is 1.25 bits per heavy atom. The number of carbonyl (C=O) groups excluding carboxylic acids is 1. The number of hydrogen-bond acceptors (Lipinski definition) is 3. The summed E-state index contributed by atoms with van der Waals surface area (Å²) in [7, 11) is 0. The van der Waals surface area contributed by atoms with Gasteiger partial charge in [0.25, 0.3) is 0 Å². The predicted molar refractivity (Wildman–Crippen MR) is 114 cm³/mol. The first-order valence-electron chi connectivity index (χ1n) is 10.4. The third kappa shape index (κ3) is 5.85. The third-order valence-electron chi connectivity index (χ3n) is 5.09. The zero-order chi connectivity index (χ0) is 20.7. The summed E-state index contributed by atoms with van der Waals surface area (Å²) in [5, 5.41) is 0. The number of rotatable bonds is 8. The van der Waals surface area contributed by atoms with Gasteiger partial charge in [-0.2, -0.15) is 0 Å². The molecule has 28 heavy (non-hydrogen) atoms. The standard InChI is InChI=1S/C25H34O3/c1-7-19-9-13-21(14-10-19)23(17(3)4)27-25(26)28-24(18(5)6)22-15-11-20(8-2)12-16-22/h9-18,23-24H,7-8H2,1-6H3. The van der Waals surface area contributed by atoms with Crippen molar-refractivity contribution in [2.75, 3.05) is 0 Å². The van der Waals surface area contributed by atoms with E-state index in [1.807, 2.05) is 24.3 Å². The summed E-state index contributed by atoms with van der Waals surface area (Å²) in [5.74, 6) is 0.308. The Morgan fingerprint density at radius 2 is 1.00 bits per heavy atom. The van der Waals surface area contributed by atoms with Gasteiger partial charge in [-0.25, -0.2) is 4.79 Å². The molecule has 2 atom stereocenters. The molecule has 0 aliphatic rings. The molecule has 0 aliphatic heterocycles. The molecule has 0 N–H and O–H groups in total. The highest BCUT2D eigenvalue weighted by Crippen LogP contribution is 2.30. The molecular weight excluding hydrogens is 348 g/mol. The van der Waals surface area contributed by atoms with Crippen molar-refractivity contribution in [3.05, 3.63) is 70.8 Å². The maximum atomic E-state index is 12.6. The second kappa shape index (κ2) is 10.3. The van der Waals surface area contributed by atoms with Gasteiger partial charge in [-0.3, -0.25) is 0 Å². The summed E-state index contributed by atoms with van der Waals surface area (Å²) >= 11 is 0. The summed E-state index contributed by atoms with van der Waals surface area (Å²) < 4.78 is 11.5. The molecule has 2 rings (SSSR count). The number of hydrogen-bond donors (Lipinski definition) is 0. The normalized spacial score (nSPS) is 13.4. The van der Waals surface area contributed by atoms with Crippen LogP contribution >= 0.6 is 0 Å². The summed E-state index contributed by atoms with van der Waals surface area (Å²) in [6, 6.07) is 16.5.